The van der Waals surface area contributed by atoms with Crippen LogP contribution in [0.1, 0.15) is 10.6 Å². The van der Waals surface area contributed by atoms with Gasteiger partial charge in [0.05, 0.1) is 14.2 Å². The van der Waals surface area contributed by atoms with E-state index in [1.807, 2.05) is 0 Å². The SMILES string of the molecule is COC(=O)c1nnc2ccc(OC)nn12. The molecule has 7 nitrogen and oxygen atoms in total. The van der Waals surface area contributed by atoms with E-state index < -0.39 is 5.97 Å². The molecule has 0 saturated carbocycles. The standard InChI is InChI=1S/C8H8N4O3/c1-14-6-4-3-5-9-10-7(8(13)15-2)12(5)11-6/h3-4H,1-2H3. The molecule has 0 aliphatic carbocycles. The van der Waals surface area contributed by atoms with Crippen LogP contribution < -0.4 is 4.74 Å². The lowest BCUT2D eigenvalue weighted by atomic mass is 10.5. The Kier molecular flexibility index (Phi) is 2.20. The predicted molar refractivity (Wildman–Crippen MR) is 48.7 cm³/mol. The van der Waals surface area contributed by atoms with Crippen LogP contribution in [0, 0.1) is 0 Å². The fraction of sp³-hybridized carbons (Fsp3) is 0.250. The Morgan fingerprint density at radius 2 is 2.13 bits per heavy atom. The van der Waals surface area contributed by atoms with Crippen molar-refractivity contribution in [2.45, 2.75) is 0 Å². The van der Waals surface area contributed by atoms with E-state index in [1.54, 1.807) is 12.1 Å². The fourth-order valence-corrected chi connectivity index (χ4v) is 1.10. The summed E-state index contributed by atoms with van der Waals surface area (Å²) in [4.78, 5) is 11.3. The number of rotatable bonds is 2. The molecule has 0 radical (unpaired) electrons. The maximum absolute atomic E-state index is 11.3. The summed E-state index contributed by atoms with van der Waals surface area (Å²) in [5.41, 5.74) is 0.455. The smallest absolute Gasteiger partial charge is 0.378 e. The third-order valence-electron chi connectivity index (χ3n) is 1.82. The summed E-state index contributed by atoms with van der Waals surface area (Å²) in [5.74, 6) is -0.206. The topological polar surface area (TPSA) is 78.6 Å². The first kappa shape index (κ1) is 9.38. The van der Waals surface area contributed by atoms with E-state index in [-0.39, 0.29) is 5.82 Å². The minimum atomic E-state index is -0.594. The van der Waals surface area contributed by atoms with Crippen molar-refractivity contribution in [3.05, 3.63) is 18.0 Å². The molecule has 0 saturated heterocycles. The molecular weight excluding hydrogens is 200 g/mol. The highest BCUT2D eigenvalue weighted by Crippen LogP contribution is 2.08. The van der Waals surface area contributed by atoms with E-state index in [4.69, 9.17) is 4.74 Å². The van der Waals surface area contributed by atoms with Crippen LogP contribution in [0.5, 0.6) is 5.88 Å². The van der Waals surface area contributed by atoms with Crippen LogP contribution in [0.4, 0.5) is 0 Å². The molecule has 2 heterocycles. The monoisotopic (exact) mass is 208 g/mol. The van der Waals surface area contributed by atoms with Crippen molar-refractivity contribution in [2.75, 3.05) is 14.2 Å². The summed E-state index contributed by atoms with van der Waals surface area (Å²) < 4.78 is 10.7. The van der Waals surface area contributed by atoms with Crippen molar-refractivity contribution < 1.29 is 14.3 Å². The Balaban J connectivity index is 2.61. The van der Waals surface area contributed by atoms with Gasteiger partial charge < -0.3 is 9.47 Å². The number of hydrogen-bond donors (Lipinski definition) is 0. The first-order valence-corrected chi connectivity index (χ1v) is 4.11. The molecule has 78 valence electrons. The largest absolute Gasteiger partial charge is 0.480 e. The molecule has 0 N–H and O–H groups in total. The van der Waals surface area contributed by atoms with Gasteiger partial charge in [-0.25, -0.2) is 4.79 Å². The van der Waals surface area contributed by atoms with Crippen molar-refractivity contribution in [1.29, 1.82) is 0 Å². The summed E-state index contributed by atoms with van der Waals surface area (Å²) in [7, 11) is 2.75. The van der Waals surface area contributed by atoms with Gasteiger partial charge in [0.2, 0.25) is 5.88 Å². The van der Waals surface area contributed by atoms with Gasteiger partial charge in [-0.1, -0.05) is 0 Å². The average Bonchev–Trinajstić information content (AvgIpc) is 2.70. The van der Waals surface area contributed by atoms with Gasteiger partial charge in [0.1, 0.15) is 0 Å². The van der Waals surface area contributed by atoms with Crippen molar-refractivity contribution in [1.82, 2.24) is 19.8 Å². The Hall–Kier alpha value is -2.18. The van der Waals surface area contributed by atoms with E-state index in [0.29, 0.717) is 11.5 Å². The van der Waals surface area contributed by atoms with Gasteiger partial charge >= 0.3 is 5.97 Å². The Labute approximate surface area is 84.6 Å². The van der Waals surface area contributed by atoms with E-state index in [2.05, 4.69) is 20.0 Å². The Bertz CT molecular complexity index is 508. The lowest BCUT2D eigenvalue weighted by Crippen LogP contribution is -2.09. The number of hydrogen-bond acceptors (Lipinski definition) is 6. The van der Waals surface area contributed by atoms with Crippen LogP contribution in [0.2, 0.25) is 0 Å². The third kappa shape index (κ3) is 1.47. The minimum Gasteiger partial charge on any atom is -0.480 e. The summed E-state index contributed by atoms with van der Waals surface area (Å²) >= 11 is 0. The van der Waals surface area contributed by atoms with Gasteiger partial charge in [0.25, 0.3) is 5.82 Å². The Morgan fingerprint density at radius 3 is 2.80 bits per heavy atom. The zero-order valence-electron chi connectivity index (χ0n) is 8.17. The summed E-state index contributed by atoms with van der Waals surface area (Å²) in [6, 6.07) is 3.27. The quantitative estimate of drug-likeness (QED) is 0.642. The van der Waals surface area contributed by atoms with Crippen molar-refractivity contribution in [3.63, 3.8) is 0 Å². The van der Waals surface area contributed by atoms with Gasteiger partial charge in [-0.2, -0.15) is 4.52 Å². The maximum Gasteiger partial charge on any atom is 0.378 e. The van der Waals surface area contributed by atoms with Crippen LogP contribution in [0.15, 0.2) is 12.1 Å². The third-order valence-corrected chi connectivity index (χ3v) is 1.82. The second-order valence-electron chi connectivity index (χ2n) is 2.66. The molecule has 0 atom stereocenters. The minimum absolute atomic E-state index is 0.0198. The zero-order valence-corrected chi connectivity index (χ0v) is 8.17. The number of ether oxygens (including phenoxy) is 2. The summed E-state index contributed by atoms with van der Waals surface area (Å²) in [6.45, 7) is 0. The number of carbonyl (C=O) groups is 1. The molecule has 0 aliphatic heterocycles. The molecule has 2 rings (SSSR count). The van der Waals surface area contributed by atoms with Crippen molar-refractivity contribution in [3.8, 4) is 5.88 Å². The molecule has 0 aromatic carbocycles. The van der Waals surface area contributed by atoms with E-state index >= 15 is 0 Å². The lowest BCUT2D eigenvalue weighted by molar-refractivity contribution is 0.0583. The van der Waals surface area contributed by atoms with Gasteiger partial charge in [-0.05, 0) is 6.07 Å². The van der Waals surface area contributed by atoms with Crippen LogP contribution in [0.3, 0.4) is 0 Å². The van der Waals surface area contributed by atoms with E-state index in [0.717, 1.165) is 0 Å². The van der Waals surface area contributed by atoms with Crippen LogP contribution >= 0.6 is 0 Å². The highest BCUT2D eigenvalue weighted by molar-refractivity contribution is 5.85. The lowest BCUT2D eigenvalue weighted by Gasteiger charge is -1.99. The van der Waals surface area contributed by atoms with Crippen LogP contribution in [0.25, 0.3) is 5.65 Å². The number of nitrogens with zero attached hydrogens (tertiary/aromatic N) is 4. The molecule has 7 heteroatoms. The highest BCUT2D eigenvalue weighted by Gasteiger charge is 2.15. The molecule has 0 amide bonds. The number of aromatic nitrogens is 4. The molecule has 0 bridgehead atoms. The Morgan fingerprint density at radius 1 is 1.33 bits per heavy atom. The maximum atomic E-state index is 11.3. The second-order valence-corrected chi connectivity index (χ2v) is 2.66. The van der Waals surface area contributed by atoms with Crippen molar-refractivity contribution >= 4 is 11.6 Å². The first-order valence-electron chi connectivity index (χ1n) is 4.11. The van der Waals surface area contributed by atoms with Crippen molar-refractivity contribution in [2.24, 2.45) is 0 Å². The number of methoxy groups -OCH3 is 2. The zero-order chi connectivity index (χ0) is 10.8. The van der Waals surface area contributed by atoms with Crippen LogP contribution in [-0.2, 0) is 4.74 Å². The second kappa shape index (κ2) is 3.52. The first-order chi connectivity index (χ1) is 7.26. The average molecular weight is 208 g/mol. The van der Waals surface area contributed by atoms with Gasteiger partial charge in [0.15, 0.2) is 5.65 Å². The van der Waals surface area contributed by atoms with Gasteiger partial charge in [-0.3, -0.25) is 0 Å². The molecule has 15 heavy (non-hydrogen) atoms. The molecule has 0 aliphatic rings. The van der Waals surface area contributed by atoms with Gasteiger partial charge in [0, 0.05) is 6.07 Å². The fourth-order valence-electron chi connectivity index (χ4n) is 1.10. The molecule has 2 aromatic heterocycles. The summed E-state index contributed by atoms with van der Waals surface area (Å²) in [5, 5.41) is 11.4. The number of carbonyl (C=O) groups excluding carboxylic acids is 1. The number of esters is 1. The molecular formula is C8H8N4O3. The normalized spacial score (nSPS) is 10.3. The van der Waals surface area contributed by atoms with E-state index in [1.165, 1.54) is 18.7 Å². The van der Waals surface area contributed by atoms with Crippen LogP contribution in [-0.4, -0.2) is 40.0 Å². The highest BCUT2D eigenvalue weighted by atomic mass is 16.5. The predicted octanol–water partition coefficient (Wildman–Crippen LogP) is -0.0805. The number of fused-ring (bicyclic) bond motifs is 1. The summed E-state index contributed by atoms with van der Waals surface area (Å²) in [6.07, 6.45) is 0. The molecule has 0 fully saturated rings. The van der Waals surface area contributed by atoms with Gasteiger partial charge in [-0.15, -0.1) is 15.3 Å². The molecule has 2 aromatic rings. The molecule has 0 spiro atoms. The van der Waals surface area contributed by atoms with E-state index in [9.17, 15) is 4.79 Å². The molecule has 0 unspecified atom stereocenters.